The Bertz CT molecular complexity index is 363. The molecule has 0 bridgehead atoms. The van der Waals surface area contributed by atoms with Gasteiger partial charge in [0.1, 0.15) is 0 Å². The van der Waals surface area contributed by atoms with E-state index in [1.54, 1.807) is 0 Å². The van der Waals surface area contributed by atoms with Crippen LogP contribution < -0.4 is 5.32 Å². The van der Waals surface area contributed by atoms with Gasteiger partial charge in [0.2, 0.25) is 5.95 Å². The zero-order chi connectivity index (χ0) is 11.8. The largest absolute Gasteiger partial charge is 0.353 e. The SMILES string of the molecule is CC(C)Nc1nccn1CC(C1CC1)C1CC1. The summed E-state index contributed by atoms with van der Waals surface area (Å²) in [4.78, 5) is 4.42. The molecule has 1 aromatic heterocycles. The third-order valence-corrected chi connectivity index (χ3v) is 4.00. The van der Waals surface area contributed by atoms with Crippen LogP contribution in [0.1, 0.15) is 39.5 Å². The molecule has 1 heterocycles. The standard InChI is InChI=1S/C14H23N3/c1-10(2)16-14-15-7-8-17(14)9-13(11-3-4-11)12-5-6-12/h7-8,10-13H,3-6,9H2,1-2H3,(H,15,16). The molecule has 0 spiro atoms. The van der Waals surface area contributed by atoms with Gasteiger partial charge in [0.05, 0.1) is 0 Å². The lowest BCUT2D eigenvalue weighted by Gasteiger charge is -2.19. The molecule has 2 aliphatic rings. The second-order valence-electron chi connectivity index (χ2n) is 6.04. The van der Waals surface area contributed by atoms with Crippen LogP contribution in [0.4, 0.5) is 5.95 Å². The number of rotatable bonds is 6. The fourth-order valence-electron chi connectivity index (χ4n) is 2.81. The molecule has 0 aliphatic heterocycles. The summed E-state index contributed by atoms with van der Waals surface area (Å²) in [5.74, 6) is 3.98. The van der Waals surface area contributed by atoms with Gasteiger partial charge in [-0.15, -0.1) is 0 Å². The lowest BCUT2D eigenvalue weighted by Crippen LogP contribution is -2.19. The van der Waals surface area contributed by atoms with Gasteiger partial charge in [0.25, 0.3) is 0 Å². The Hall–Kier alpha value is -0.990. The van der Waals surface area contributed by atoms with Crippen LogP contribution in [0.5, 0.6) is 0 Å². The van der Waals surface area contributed by atoms with Gasteiger partial charge in [-0.25, -0.2) is 4.98 Å². The Morgan fingerprint density at radius 2 is 1.94 bits per heavy atom. The average molecular weight is 233 g/mol. The number of nitrogens with one attached hydrogen (secondary N) is 1. The van der Waals surface area contributed by atoms with Crippen molar-refractivity contribution in [3.05, 3.63) is 12.4 Å². The Labute approximate surface area is 104 Å². The number of aromatic nitrogens is 2. The van der Waals surface area contributed by atoms with Crippen LogP contribution >= 0.6 is 0 Å². The van der Waals surface area contributed by atoms with Crippen LogP contribution in [-0.2, 0) is 6.54 Å². The number of nitrogens with zero attached hydrogens (tertiary/aromatic N) is 2. The van der Waals surface area contributed by atoms with Gasteiger partial charge in [0.15, 0.2) is 0 Å². The molecule has 3 rings (SSSR count). The zero-order valence-electron chi connectivity index (χ0n) is 10.9. The van der Waals surface area contributed by atoms with Crippen molar-refractivity contribution in [3.8, 4) is 0 Å². The number of anilines is 1. The molecular weight excluding hydrogens is 210 g/mol. The van der Waals surface area contributed by atoms with Crippen LogP contribution in [0, 0.1) is 17.8 Å². The van der Waals surface area contributed by atoms with Crippen LogP contribution in [0.2, 0.25) is 0 Å². The van der Waals surface area contributed by atoms with Gasteiger partial charge in [-0.1, -0.05) is 0 Å². The highest BCUT2D eigenvalue weighted by atomic mass is 15.2. The molecule has 3 heteroatoms. The maximum Gasteiger partial charge on any atom is 0.202 e. The Kier molecular flexibility index (Phi) is 2.85. The van der Waals surface area contributed by atoms with E-state index in [4.69, 9.17) is 0 Å². The molecule has 17 heavy (non-hydrogen) atoms. The highest BCUT2D eigenvalue weighted by Gasteiger charge is 2.41. The van der Waals surface area contributed by atoms with Gasteiger partial charge in [0, 0.05) is 25.0 Å². The Balaban J connectivity index is 1.68. The van der Waals surface area contributed by atoms with Gasteiger partial charge in [-0.3, -0.25) is 0 Å². The summed E-state index contributed by atoms with van der Waals surface area (Å²) in [6, 6.07) is 0.455. The van der Waals surface area contributed by atoms with Crippen LogP contribution in [0.25, 0.3) is 0 Å². The quantitative estimate of drug-likeness (QED) is 0.818. The first-order valence-electron chi connectivity index (χ1n) is 7.01. The van der Waals surface area contributed by atoms with E-state index >= 15 is 0 Å². The monoisotopic (exact) mass is 233 g/mol. The molecule has 3 nitrogen and oxygen atoms in total. The topological polar surface area (TPSA) is 29.9 Å². The van der Waals surface area contributed by atoms with Crippen LogP contribution in [0.15, 0.2) is 12.4 Å². The van der Waals surface area contributed by atoms with Crippen LogP contribution in [-0.4, -0.2) is 15.6 Å². The lowest BCUT2D eigenvalue weighted by atomic mass is 9.98. The van der Waals surface area contributed by atoms with E-state index in [9.17, 15) is 0 Å². The normalized spacial score (nSPS) is 20.2. The highest BCUT2D eigenvalue weighted by molar-refractivity contribution is 5.27. The summed E-state index contributed by atoms with van der Waals surface area (Å²) < 4.78 is 2.32. The predicted octanol–water partition coefficient (Wildman–Crippen LogP) is 3.14. The molecule has 94 valence electrons. The van der Waals surface area contributed by atoms with E-state index in [-0.39, 0.29) is 0 Å². The molecule has 0 unspecified atom stereocenters. The molecule has 0 amide bonds. The third-order valence-electron chi connectivity index (χ3n) is 4.00. The first kappa shape index (κ1) is 11.1. The van der Waals surface area contributed by atoms with E-state index in [0.717, 1.165) is 23.7 Å². The summed E-state index contributed by atoms with van der Waals surface area (Å²) in [5.41, 5.74) is 0. The molecule has 0 radical (unpaired) electrons. The second-order valence-corrected chi connectivity index (χ2v) is 6.04. The van der Waals surface area contributed by atoms with E-state index in [0.29, 0.717) is 6.04 Å². The molecule has 0 atom stereocenters. The molecule has 2 saturated carbocycles. The lowest BCUT2D eigenvalue weighted by molar-refractivity contribution is 0.350. The van der Waals surface area contributed by atoms with E-state index in [1.165, 1.54) is 32.2 Å². The minimum atomic E-state index is 0.455. The fraction of sp³-hybridized carbons (Fsp3) is 0.786. The molecule has 1 aromatic rings. The summed E-state index contributed by atoms with van der Waals surface area (Å²) in [6.45, 7) is 5.50. The number of hydrogen-bond donors (Lipinski definition) is 1. The Morgan fingerprint density at radius 1 is 1.29 bits per heavy atom. The van der Waals surface area contributed by atoms with Crippen molar-refractivity contribution in [1.29, 1.82) is 0 Å². The molecule has 2 aliphatic carbocycles. The predicted molar refractivity (Wildman–Crippen MR) is 69.9 cm³/mol. The van der Waals surface area contributed by atoms with Gasteiger partial charge in [-0.05, 0) is 57.3 Å². The third kappa shape index (κ3) is 2.64. The van der Waals surface area contributed by atoms with E-state index in [1.807, 2.05) is 6.20 Å². The maximum absolute atomic E-state index is 4.42. The van der Waals surface area contributed by atoms with Crippen molar-refractivity contribution in [1.82, 2.24) is 9.55 Å². The van der Waals surface area contributed by atoms with Crippen molar-refractivity contribution in [3.63, 3.8) is 0 Å². The smallest absolute Gasteiger partial charge is 0.202 e. The van der Waals surface area contributed by atoms with Gasteiger partial charge >= 0.3 is 0 Å². The molecular formula is C14H23N3. The number of hydrogen-bond acceptors (Lipinski definition) is 2. The molecule has 0 aromatic carbocycles. The minimum Gasteiger partial charge on any atom is -0.353 e. The second kappa shape index (κ2) is 4.35. The molecule has 2 fully saturated rings. The molecule has 0 saturated heterocycles. The van der Waals surface area contributed by atoms with Crippen molar-refractivity contribution in [2.45, 2.75) is 52.1 Å². The molecule has 1 N–H and O–H groups in total. The first-order chi connectivity index (χ1) is 8.24. The van der Waals surface area contributed by atoms with E-state index in [2.05, 4.69) is 34.9 Å². The fourth-order valence-corrected chi connectivity index (χ4v) is 2.81. The minimum absolute atomic E-state index is 0.455. The van der Waals surface area contributed by atoms with Gasteiger partial charge < -0.3 is 9.88 Å². The average Bonchev–Trinajstić information content (AvgIpc) is 3.16. The van der Waals surface area contributed by atoms with Gasteiger partial charge in [-0.2, -0.15) is 0 Å². The van der Waals surface area contributed by atoms with Crippen molar-refractivity contribution >= 4 is 5.95 Å². The summed E-state index contributed by atoms with van der Waals surface area (Å²) in [5, 5.41) is 3.43. The van der Waals surface area contributed by atoms with Crippen molar-refractivity contribution in [2.24, 2.45) is 17.8 Å². The zero-order valence-corrected chi connectivity index (χ0v) is 10.9. The maximum atomic E-state index is 4.42. The Morgan fingerprint density at radius 3 is 2.47 bits per heavy atom. The number of imidazole rings is 1. The summed E-state index contributed by atoms with van der Waals surface area (Å²) in [6.07, 6.45) is 9.89. The van der Waals surface area contributed by atoms with E-state index < -0.39 is 0 Å². The van der Waals surface area contributed by atoms with Crippen LogP contribution in [0.3, 0.4) is 0 Å². The highest BCUT2D eigenvalue weighted by Crippen LogP contribution is 2.50. The first-order valence-corrected chi connectivity index (χ1v) is 7.01. The van der Waals surface area contributed by atoms with Crippen molar-refractivity contribution < 1.29 is 0 Å². The summed E-state index contributed by atoms with van der Waals surface area (Å²) >= 11 is 0. The van der Waals surface area contributed by atoms with Crippen molar-refractivity contribution in [2.75, 3.05) is 5.32 Å². The summed E-state index contributed by atoms with van der Waals surface area (Å²) in [7, 11) is 0.